The van der Waals surface area contributed by atoms with E-state index in [9.17, 15) is 9.59 Å². The number of rotatable bonds is 3. The highest BCUT2D eigenvalue weighted by atomic mass is 32.1. The Morgan fingerprint density at radius 3 is 3.00 bits per heavy atom. The number of thiazole rings is 1. The van der Waals surface area contributed by atoms with E-state index in [1.54, 1.807) is 6.26 Å². The summed E-state index contributed by atoms with van der Waals surface area (Å²) in [4.78, 5) is 33.9. The fourth-order valence-electron chi connectivity index (χ4n) is 3.49. The van der Waals surface area contributed by atoms with Crippen LogP contribution >= 0.6 is 11.3 Å². The maximum Gasteiger partial charge on any atom is 0.273 e. The molecule has 126 valence electrons. The Balaban J connectivity index is 1.49. The average Bonchev–Trinajstić information content (AvgIpc) is 3.33. The molecular weight excluding hydrogens is 326 g/mol. The summed E-state index contributed by atoms with van der Waals surface area (Å²) in [7, 11) is 0. The third-order valence-electron chi connectivity index (χ3n) is 4.73. The molecule has 0 saturated carbocycles. The predicted octanol–water partition coefficient (Wildman–Crippen LogP) is 2.55. The molecule has 2 saturated heterocycles. The zero-order chi connectivity index (χ0) is 16.7. The number of aromatic nitrogens is 1. The molecule has 1 atom stereocenters. The van der Waals surface area contributed by atoms with E-state index in [0.29, 0.717) is 31.0 Å². The number of carbonyl (C=O) groups excluding carboxylic acids is 2. The second-order valence-corrected chi connectivity index (χ2v) is 7.49. The summed E-state index contributed by atoms with van der Waals surface area (Å²) < 4.78 is 5.37. The summed E-state index contributed by atoms with van der Waals surface area (Å²) >= 11 is 1.47. The molecule has 0 aromatic carbocycles. The van der Waals surface area contributed by atoms with E-state index in [1.165, 1.54) is 11.3 Å². The van der Waals surface area contributed by atoms with Crippen LogP contribution in [-0.2, 0) is 4.79 Å². The molecule has 2 amide bonds. The first-order valence-corrected chi connectivity index (χ1v) is 9.05. The Labute approximate surface area is 144 Å². The lowest BCUT2D eigenvalue weighted by Crippen LogP contribution is -2.39. The molecule has 2 aliphatic heterocycles. The second-order valence-electron chi connectivity index (χ2n) is 6.29. The zero-order valence-corrected chi connectivity index (χ0v) is 14.3. The fraction of sp³-hybridized carbons (Fsp3) is 0.471. The first-order chi connectivity index (χ1) is 11.6. The number of likely N-dealkylation sites (tertiary alicyclic amines) is 2. The maximum absolute atomic E-state index is 12.8. The molecule has 0 radical (unpaired) electrons. The van der Waals surface area contributed by atoms with Gasteiger partial charge in [-0.05, 0) is 31.9 Å². The molecule has 2 fully saturated rings. The molecule has 4 heterocycles. The highest BCUT2D eigenvalue weighted by Crippen LogP contribution is 2.30. The molecule has 0 aliphatic carbocycles. The third kappa shape index (κ3) is 2.62. The van der Waals surface area contributed by atoms with Gasteiger partial charge in [-0.15, -0.1) is 11.3 Å². The van der Waals surface area contributed by atoms with Gasteiger partial charge in [-0.3, -0.25) is 9.59 Å². The van der Waals surface area contributed by atoms with E-state index >= 15 is 0 Å². The molecule has 0 spiro atoms. The standard InChI is InChI=1S/C17H19N3O3S/c1-11-15(18-16(24-11)13-4-3-9-23-13)17(22)19-8-6-12(10-19)20-7-2-5-14(20)21/h3-4,9,12H,2,5-8,10H2,1H3/t12-/m1/s1. The molecule has 4 rings (SSSR count). The lowest BCUT2D eigenvalue weighted by atomic mass is 10.2. The molecular formula is C17H19N3O3S. The highest BCUT2D eigenvalue weighted by Gasteiger charge is 2.36. The van der Waals surface area contributed by atoms with Gasteiger partial charge in [0.05, 0.1) is 12.3 Å². The van der Waals surface area contributed by atoms with E-state index in [-0.39, 0.29) is 17.9 Å². The number of hydrogen-bond donors (Lipinski definition) is 0. The van der Waals surface area contributed by atoms with Gasteiger partial charge in [0.1, 0.15) is 5.69 Å². The van der Waals surface area contributed by atoms with Crippen LogP contribution in [0.2, 0.25) is 0 Å². The molecule has 6 nitrogen and oxygen atoms in total. The maximum atomic E-state index is 12.8. The lowest BCUT2D eigenvalue weighted by molar-refractivity contribution is -0.129. The van der Waals surface area contributed by atoms with Gasteiger partial charge < -0.3 is 14.2 Å². The number of furan rings is 1. The Bertz CT molecular complexity index is 768. The van der Waals surface area contributed by atoms with Crippen LogP contribution in [0.5, 0.6) is 0 Å². The third-order valence-corrected chi connectivity index (χ3v) is 5.72. The summed E-state index contributed by atoms with van der Waals surface area (Å²) in [6.07, 6.45) is 4.03. The van der Waals surface area contributed by atoms with Crippen molar-refractivity contribution in [2.45, 2.75) is 32.2 Å². The fourth-order valence-corrected chi connectivity index (χ4v) is 4.36. The zero-order valence-electron chi connectivity index (χ0n) is 13.5. The van der Waals surface area contributed by atoms with Crippen LogP contribution in [0, 0.1) is 6.92 Å². The number of amides is 2. The summed E-state index contributed by atoms with van der Waals surface area (Å²) in [6, 6.07) is 3.82. The minimum atomic E-state index is -0.0456. The SMILES string of the molecule is Cc1sc(-c2ccco2)nc1C(=O)N1CC[C@@H](N2CCCC2=O)C1. The molecule has 0 bridgehead atoms. The monoisotopic (exact) mass is 345 g/mol. The smallest absolute Gasteiger partial charge is 0.273 e. The number of hydrogen-bond acceptors (Lipinski definition) is 5. The topological polar surface area (TPSA) is 66.7 Å². The van der Waals surface area contributed by atoms with Gasteiger partial charge in [-0.25, -0.2) is 4.98 Å². The Morgan fingerprint density at radius 2 is 2.29 bits per heavy atom. The van der Waals surface area contributed by atoms with Gasteiger partial charge in [0.15, 0.2) is 10.8 Å². The van der Waals surface area contributed by atoms with Crippen LogP contribution in [0.3, 0.4) is 0 Å². The van der Waals surface area contributed by atoms with E-state index in [0.717, 1.165) is 29.3 Å². The average molecular weight is 345 g/mol. The number of nitrogens with zero attached hydrogens (tertiary/aromatic N) is 3. The number of carbonyl (C=O) groups is 2. The van der Waals surface area contributed by atoms with Gasteiger partial charge >= 0.3 is 0 Å². The van der Waals surface area contributed by atoms with Crippen LogP contribution in [0.25, 0.3) is 10.8 Å². The van der Waals surface area contributed by atoms with Crippen molar-refractivity contribution in [1.82, 2.24) is 14.8 Å². The van der Waals surface area contributed by atoms with Gasteiger partial charge in [0.2, 0.25) is 5.91 Å². The quantitative estimate of drug-likeness (QED) is 0.857. The molecule has 24 heavy (non-hydrogen) atoms. The van der Waals surface area contributed by atoms with E-state index in [2.05, 4.69) is 4.98 Å². The largest absolute Gasteiger partial charge is 0.462 e. The molecule has 2 aromatic heterocycles. The molecule has 2 aliphatic rings. The summed E-state index contributed by atoms with van der Waals surface area (Å²) in [5.74, 6) is 0.860. The summed E-state index contributed by atoms with van der Waals surface area (Å²) in [6.45, 7) is 4.02. The molecule has 0 unspecified atom stereocenters. The predicted molar refractivity (Wildman–Crippen MR) is 89.8 cm³/mol. The van der Waals surface area contributed by atoms with E-state index in [1.807, 2.05) is 28.9 Å². The van der Waals surface area contributed by atoms with Gasteiger partial charge in [-0.1, -0.05) is 0 Å². The van der Waals surface area contributed by atoms with Crippen molar-refractivity contribution in [2.75, 3.05) is 19.6 Å². The molecule has 2 aromatic rings. The Hall–Kier alpha value is -2.15. The van der Waals surface area contributed by atoms with Crippen molar-refractivity contribution >= 4 is 23.2 Å². The normalized spacial score (nSPS) is 21.0. The summed E-state index contributed by atoms with van der Waals surface area (Å²) in [5, 5.41) is 0.728. The second kappa shape index (κ2) is 6.05. The van der Waals surface area contributed by atoms with Gasteiger partial charge in [0.25, 0.3) is 5.91 Å². The molecule has 7 heteroatoms. The van der Waals surface area contributed by atoms with Crippen molar-refractivity contribution in [3.8, 4) is 10.8 Å². The number of aryl methyl sites for hydroxylation is 1. The van der Waals surface area contributed by atoms with Crippen LogP contribution < -0.4 is 0 Å². The minimum Gasteiger partial charge on any atom is -0.462 e. The van der Waals surface area contributed by atoms with Crippen molar-refractivity contribution in [2.24, 2.45) is 0 Å². The van der Waals surface area contributed by atoms with Crippen molar-refractivity contribution < 1.29 is 14.0 Å². The van der Waals surface area contributed by atoms with Gasteiger partial charge in [-0.2, -0.15) is 0 Å². The van der Waals surface area contributed by atoms with Crippen molar-refractivity contribution in [3.05, 3.63) is 29.0 Å². The highest BCUT2D eigenvalue weighted by molar-refractivity contribution is 7.15. The first-order valence-electron chi connectivity index (χ1n) is 8.23. The summed E-state index contributed by atoms with van der Waals surface area (Å²) in [5.41, 5.74) is 0.500. The van der Waals surface area contributed by atoms with Crippen LogP contribution in [-0.4, -0.2) is 52.3 Å². The first kappa shape index (κ1) is 15.4. The minimum absolute atomic E-state index is 0.0456. The van der Waals surface area contributed by atoms with Crippen molar-refractivity contribution in [1.29, 1.82) is 0 Å². The van der Waals surface area contributed by atoms with E-state index in [4.69, 9.17) is 4.42 Å². The van der Waals surface area contributed by atoms with Crippen molar-refractivity contribution in [3.63, 3.8) is 0 Å². The molecule has 0 N–H and O–H groups in total. The van der Waals surface area contributed by atoms with Crippen LogP contribution in [0.1, 0.15) is 34.6 Å². The van der Waals surface area contributed by atoms with E-state index < -0.39 is 0 Å². The van der Waals surface area contributed by atoms with Crippen LogP contribution in [0.15, 0.2) is 22.8 Å². The lowest BCUT2D eigenvalue weighted by Gasteiger charge is -2.24. The van der Waals surface area contributed by atoms with Gasteiger partial charge in [0, 0.05) is 30.9 Å². The Kier molecular flexibility index (Phi) is 3.88. The Morgan fingerprint density at radius 1 is 1.42 bits per heavy atom. The van der Waals surface area contributed by atoms with Crippen LogP contribution in [0.4, 0.5) is 0 Å².